The summed E-state index contributed by atoms with van der Waals surface area (Å²) in [6, 6.07) is 18.1. The Kier molecular flexibility index (Phi) is 6.07. The molecule has 0 atom stereocenters. The number of hydrogen-bond donors (Lipinski definition) is 0. The molecule has 4 nitrogen and oxygen atoms in total. The fraction of sp³-hybridized carbons (Fsp3) is 0.304. The summed E-state index contributed by atoms with van der Waals surface area (Å²) in [6.45, 7) is 4.84. The average molecular weight is 361 g/mol. The third-order valence-electron chi connectivity index (χ3n) is 4.79. The molecule has 0 bridgehead atoms. The molecule has 2 aromatic carbocycles. The fourth-order valence-electron chi connectivity index (χ4n) is 3.28. The van der Waals surface area contributed by atoms with Crippen LogP contribution < -0.4 is 9.80 Å². The number of benzene rings is 2. The predicted molar refractivity (Wildman–Crippen MR) is 114 cm³/mol. The summed E-state index contributed by atoms with van der Waals surface area (Å²) in [5.74, 6) is -0.0314. The van der Waals surface area contributed by atoms with Crippen LogP contribution in [0.1, 0.15) is 33.1 Å². The van der Waals surface area contributed by atoms with E-state index in [-0.39, 0.29) is 5.91 Å². The largest absolute Gasteiger partial charge is 0.375 e. The van der Waals surface area contributed by atoms with E-state index in [1.165, 1.54) is 19.3 Å². The number of fused-ring (bicyclic) bond motifs is 1. The lowest BCUT2D eigenvalue weighted by atomic mass is 10.1. The highest BCUT2D eigenvalue weighted by atomic mass is 16.2. The molecule has 27 heavy (non-hydrogen) atoms. The molecule has 0 radical (unpaired) electrons. The van der Waals surface area contributed by atoms with Crippen molar-refractivity contribution in [2.75, 3.05) is 23.4 Å². The van der Waals surface area contributed by atoms with Gasteiger partial charge in [0.15, 0.2) is 0 Å². The summed E-state index contributed by atoms with van der Waals surface area (Å²) in [4.78, 5) is 20.8. The van der Waals surface area contributed by atoms with Crippen LogP contribution in [0.2, 0.25) is 0 Å². The highest BCUT2D eigenvalue weighted by Gasteiger charge is 2.15. The van der Waals surface area contributed by atoms with E-state index in [4.69, 9.17) is 0 Å². The summed E-state index contributed by atoms with van der Waals surface area (Å²) < 4.78 is 0. The maximum atomic E-state index is 12.4. The molecule has 0 fully saturated rings. The molecule has 140 valence electrons. The van der Waals surface area contributed by atoms with Gasteiger partial charge in [0.1, 0.15) is 0 Å². The van der Waals surface area contributed by atoms with Crippen LogP contribution >= 0.6 is 0 Å². The number of unbranched alkanes of at least 4 members (excludes halogenated alkanes) is 2. The van der Waals surface area contributed by atoms with Crippen LogP contribution in [-0.4, -0.2) is 24.5 Å². The second-order valence-electron chi connectivity index (χ2n) is 6.89. The predicted octanol–water partition coefficient (Wildman–Crippen LogP) is 5.55. The molecular weight excluding hydrogens is 334 g/mol. The molecule has 3 rings (SSSR count). The van der Waals surface area contributed by atoms with Crippen molar-refractivity contribution >= 4 is 33.9 Å². The molecule has 1 heterocycles. The maximum Gasteiger partial charge on any atom is 0.228 e. The molecule has 0 spiro atoms. The molecule has 0 saturated carbocycles. The van der Waals surface area contributed by atoms with Crippen molar-refractivity contribution in [3.8, 4) is 0 Å². The van der Waals surface area contributed by atoms with Gasteiger partial charge < -0.3 is 4.90 Å². The van der Waals surface area contributed by atoms with Gasteiger partial charge in [-0.05, 0) is 42.8 Å². The molecule has 1 aromatic heterocycles. The number of anilines is 3. The van der Waals surface area contributed by atoms with Crippen molar-refractivity contribution in [1.29, 1.82) is 0 Å². The Morgan fingerprint density at radius 3 is 2.37 bits per heavy atom. The van der Waals surface area contributed by atoms with Crippen molar-refractivity contribution in [1.82, 2.24) is 4.98 Å². The van der Waals surface area contributed by atoms with Gasteiger partial charge in [0.25, 0.3) is 0 Å². The van der Waals surface area contributed by atoms with Gasteiger partial charge in [-0.1, -0.05) is 38.0 Å². The molecule has 0 aliphatic heterocycles. The van der Waals surface area contributed by atoms with Gasteiger partial charge >= 0.3 is 0 Å². The fourth-order valence-corrected chi connectivity index (χ4v) is 3.28. The number of aromatic nitrogens is 1. The SMILES string of the molecule is CCCCCN(C)c1ccc(N(C(C)=O)c2cnc3ccccc3c2)cc1. The van der Waals surface area contributed by atoms with Crippen LogP contribution in [0.4, 0.5) is 17.1 Å². The normalized spacial score (nSPS) is 10.8. The smallest absolute Gasteiger partial charge is 0.228 e. The van der Waals surface area contributed by atoms with Crippen molar-refractivity contribution < 1.29 is 4.79 Å². The molecule has 1 amide bonds. The lowest BCUT2D eigenvalue weighted by Gasteiger charge is -2.23. The van der Waals surface area contributed by atoms with Gasteiger partial charge in [0.2, 0.25) is 5.91 Å². The number of carbonyl (C=O) groups excluding carboxylic acids is 1. The minimum Gasteiger partial charge on any atom is -0.375 e. The van der Waals surface area contributed by atoms with E-state index in [1.807, 2.05) is 42.5 Å². The van der Waals surface area contributed by atoms with Gasteiger partial charge in [-0.25, -0.2) is 0 Å². The van der Waals surface area contributed by atoms with E-state index in [0.717, 1.165) is 34.5 Å². The third kappa shape index (κ3) is 4.45. The molecule has 0 N–H and O–H groups in total. The number of hydrogen-bond acceptors (Lipinski definition) is 3. The summed E-state index contributed by atoms with van der Waals surface area (Å²) in [6.07, 6.45) is 5.42. The Labute approximate surface area is 161 Å². The summed E-state index contributed by atoms with van der Waals surface area (Å²) in [5, 5.41) is 1.02. The number of amides is 1. The summed E-state index contributed by atoms with van der Waals surface area (Å²) in [5.41, 5.74) is 3.72. The molecule has 0 aliphatic carbocycles. The van der Waals surface area contributed by atoms with Crippen molar-refractivity contribution in [3.05, 3.63) is 60.8 Å². The standard InChI is InChI=1S/C23H27N3O/c1-4-5-8-15-25(3)20-11-13-21(14-12-20)26(18(2)27)22-16-19-9-6-7-10-23(19)24-17-22/h6-7,9-14,16-17H,4-5,8,15H2,1-3H3. The summed E-state index contributed by atoms with van der Waals surface area (Å²) >= 11 is 0. The molecule has 3 aromatic rings. The van der Waals surface area contributed by atoms with E-state index < -0.39 is 0 Å². The van der Waals surface area contributed by atoms with E-state index in [1.54, 1.807) is 18.0 Å². The van der Waals surface area contributed by atoms with Crippen LogP contribution in [-0.2, 0) is 4.79 Å². The van der Waals surface area contributed by atoms with Gasteiger partial charge in [0.05, 0.1) is 17.4 Å². The first kappa shape index (κ1) is 18.9. The molecule has 4 heteroatoms. The monoisotopic (exact) mass is 361 g/mol. The van der Waals surface area contributed by atoms with E-state index >= 15 is 0 Å². The second-order valence-corrected chi connectivity index (χ2v) is 6.89. The Hall–Kier alpha value is -2.88. The zero-order valence-corrected chi connectivity index (χ0v) is 16.4. The van der Waals surface area contributed by atoms with Crippen molar-refractivity contribution in [3.63, 3.8) is 0 Å². The minimum atomic E-state index is -0.0314. The van der Waals surface area contributed by atoms with Gasteiger partial charge in [-0.15, -0.1) is 0 Å². The van der Waals surface area contributed by atoms with Crippen LogP contribution in [0.25, 0.3) is 10.9 Å². The molecule has 0 saturated heterocycles. The average Bonchev–Trinajstić information content (AvgIpc) is 2.68. The Balaban J connectivity index is 1.85. The van der Waals surface area contributed by atoms with Crippen LogP contribution in [0.15, 0.2) is 60.8 Å². The van der Waals surface area contributed by atoms with Crippen molar-refractivity contribution in [2.45, 2.75) is 33.1 Å². The molecule has 0 aliphatic rings. The lowest BCUT2D eigenvalue weighted by molar-refractivity contribution is -0.115. The van der Waals surface area contributed by atoms with E-state index in [2.05, 4.69) is 36.0 Å². The summed E-state index contributed by atoms with van der Waals surface area (Å²) in [7, 11) is 2.11. The van der Waals surface area contributed by atoms with E-state index in [0.29, 0.717) is 0 Å². The topological polar surface area (TPSA) is 36.4 Å². The number of para-hydroxylation sites is 1. The van der Waals surface area contributed by atoms with Crippen LogP contribution in [0, 0.1) is 0 Å². The second kappa shape index (κ2) is 8.67. The minimum absolute atomic E-state index is 0.0314. The Morgan fingerprint density at radius 2 is 1.67 bits per heavy atom. The number of rotatable bonds is 7. The number of carbonyl (C=O) groups is 1. The third-order valence-corrected chi connectivity index (χ3v) is 4.79. The first-order chi connectivity index (χ1) is 13.1. The number of nitrogens with zero attached hydrogens (tertiary/aromatic N) is 3. The maximum absolute atomic E-state index is 12.4. The first-order valence-electron chi connectivity index (χ1n) is 9.57. The molecular formula is C23H27N3O. The highest BCUT2D eigenvalue weighted by molar-refractivity contribution is 6.00. The first-order valence-corrected chi connectivity index (χ1v) is 9.57. The zero-order chi connectivity index (χ0) is 19.2. The van der Waals surface area contributed by atoms with E-state index in [9.17, 15) is 4.79 Å². The molecule has 0 unspecified atom stereocenters. The van der Waals surface area contributed by atoms with Crippen molar-refractivity contribution in [2.24, 2.45) is 0 Å². The van der Waals surface area contributed by atoms with Crippen LogP contribution in [0.5, 0.6) is 0 Å². The Morgan fingerprint density at radius 1 is 0.963 bits per heavy atom. The highest BCUT2D eigenvalue weighted by Crippen LogP contribution is 2.29. The van der Waals surface area contributed by atoms with Gasteiger partial charge in [-0.2, -0.15) is 0 Å². The lowest BCUT2D eigenvalue weighted by Crippen LogP contribution is -2.23. The quantitative estimate of drug-likeness (QED) is 0.518. The Bertz CT molecular complexity index is 905. The zero-order valence-electron chi connectivity index (χ0n) is 16.4. The van der Waals surface area contributed by atoms with Crippen LogP contribution in [0.3, 0.4) is 0 Å². The number of pyridine rings is 1. The van der Waals surface area contributed by atoms with Gasteiger partial charge in [-0.3, -0.25) is 14.7 Å². The van der Waals surface area contributed by atoms with Gasteiger partial charge in [0, 0.05) is 37.3 Å².